The van der Waals surface area contributed by atoms with Crippen molar-refractivity contribution in [2.24, 2.45) is 0 Å². The van der Waals surface area contributed by atoms with E-state index in [0.717, 1.165) is 5.56 Å². The molecule has 0 aliphatic carbocycles. The summed E-state index contributed by atoms with van der Waals surface area (Å²) in [5, 5.41) is 10.1. The summed E-state index contributed by atoms with van der Waals surface area (Å²) in [7, 11) is 0. The summed E-state index contributed by atoms with van der Waals surface area (Å²) in [5.41, 5.74) is 2.70. The molecule has 0 spiro atoms. The van der Waals surface area contributed by atoms with Crippen LogP contribution in [0.5, 0.6) is 0 Å². The normalized spacial score (nSPS) is 13.0. The lowest BCUT2D eigenvalue weighted by Gasteiger charge is -2.19. The topological polar surface area (TPSA) is 37.3 Å². The molecule has 0 bridgehead atoms. The number of benzene rings is 2. The second kappa shape index (κ2) is 6.23. The van der Waals surface area contributed by atoms with Crippen LogP contribution in [0.1, 0.15) is 54.8 Å². The fraction of sp³-hybridized carbons (Fsp3) is 0.316. The quantitative estimate of drug-likeness (QED) is 0.849. The van der Waals surface area contributed by atoms with Gasteiger partial charge >= 0.3 is 0 Å². The number of Topliss-reactive ketones (excluding diaryl/α,β-unsaturated/α-hetero) is 1. The first-order valence-corrected chi connectivity index (χ1v) is 7.24. The molecule has 2 nitrogen and oxygen atoms in total. The van der Waals surface area contributed by atoms with Gasteiger partial charge in [0.1, 0.15) is 0 Å². The van der Waals surface area contributed by atoms with E-state index in [1.807, 2.05) is 54.6 Å². The minimum Gasteiger partial charge on any atom is -0.388 e. The van der Waals surface area contributed by atoms with Crippen molar-refractivity contribution in [1.82, 2.24) is 0 Å². The highest BCUT2D eigenvalue weighted by atomic mass is 16.3. The van der Waals surface area contributed by atoms with E-state index in [4.69, 9.17) is 0 Å². The Morgan fingerprint density at radius 1 is 1.00 bits per heavy atom. The molecule has 0 aromatic heterocycles. The van der Waals surface area contributed by atoms with Crippen LogP contribution >= 0.6 is 0 Å². The third-order valence-electron chi connectivity index (χ3n) is 3.64. The maximum Gasteiger partial charge on any atom is 0.165 e. The van der Waals surface area contributed by atoms with E-state index < -0.39 is 6.10 Å². The zero-order valence-corrected chi connectivity index (χ0v) is 12.8. The Bertz CT molecular complexity index is 592. The molecule has 0 amide bonds. The summed E-state index contributed by atoms with van der Waals surface area (Å²) in [6.45, 7) is 6.43. The highest BCUT2D eigenvalue weighted by Crippen LogP contribution is 2.24. The van der Waals surface area contributed by atoms with Crippen molar-refractivity contribution < 1.29 is 9.90 Å². The van der Waals surface area contributed by atoms with Crippen LogP contribution in [0.3, 0.4) is 0 Å². The van der Waals surface area contributed by atoms with Gasteiger partial charge in [-0.1, -0.05) is 75.4 Å². The highest BCUT2D eigenvalue weighted by molar-refractivity contribution is 5.96. The number of aliphatic hydroxyl groups excluding tert-OH is 1. The van der Waals surface area contributed by atoms with Crippen LogP contribution in [0.15, 0.2) is 54.6 Å². The van der Waals surface area contributed by atoms with Crippen molar-refractivity contribution in [2.75, 3.05) is 0 Å². The Balaban J connectivity index is 2.07. The predicted molar refractivity (Wildman–Crippen MR) is 85.5 cm³/mol. The lowest BCUT2D eigenvalue weighted by atomic mass is 9.86. The first kappa shape index (κ1) is 15.5. The van der Waals surface area contributed by atoms with Gasteiger partial charge < -0.3 is 5.11 Å². The van der Waals surface area contributed by atoms with Crippen LogP contribution in [0.25, 0.3) is 0 Å². The minimum atomic E-state index is -0.749. The summed E-state index contributed by atoms with van der Waals surface area (Å²) in [6, 6.07) is 17.0. The Kier molecular flexibility index (Phi) is 4.59. The summed E-state index contributed by atoms with van der Waals surface area (Å²) < 4.78 is 0. The number of rotatable bonds is 4. The number of hydrogen-bond donors (Lipinski definition) is 1. The van der Waals surface area contributed by atoms with Gasteiger partial charge in [-0.2, -0.15) is 0 Å². The van der Waals surface area contributed by atoms with Crippen molar-refractivity contribution in [3.05, 3.63) is 71.3 Å². The highest BCUT2D eigenvalue weighted by Gasteiger charge is 2.16. The SMILES string of the molecule is CC(C)(C)c1ccc(C(=O)CC(O)c2ccccc2)cc1. The van der Waals surface area contributed by atoms with E-state index in [1.54, 1.807) is 0 Å². The minimum absolute atomic E-state index is 0.0354. The van der Waals surface area contributed by atoms with Crippen LogP contribution in [0, 0.1) is 0 Å². The molecule has 0 aliphatic rings. The molecule has 1 unspecified atom stereocenters. The van der Waals surface area contributed by atoms with Gasteiger partial charge in [0.05, 0.1) is 6.10 Å². The Labute approximate surface area is 126 Å². The molecule has 0 saturated carbocycles. The molecule has 1 N–H and O–H groups in total. The molecule has 0 radical (unpaired) electrons. The molecule has 1 atom stereocenters. The van der Waals surface area contributed by atoms with Crippen molar-refractivity contribution in [2.45, 2.75) is 38.7 Å². The zero-order chi connectivity index (χ0) is 15.5. The average molecular weight is 282 g/mol. The van der Waals surface area contributed by atoms with Crippen molar-refractivity contribution in [3.63, 3.8) is 0 Å². The van der Waals surface area contributed by atoms with Gasteiger partial charge in [0, 0.05) is 12.0 Å². The Hall–Kier alpha value is -1.93. The van der Waals surface area contributed by atoms with E-state index in [9.17, 15) is 9.90 Å². The number of aliphatic hydroxyl groups is 1. The molecule has 110 valence electrons. The van der Waals surface area contributed by atoms with Crippen molar-refractivity contribution in [1.29, 1.82) is 0 Å². The van der Waals surface area contributed by atoms with Crippen LogP contribution < -0.4 is 0 Å². The second-order valence-corrected chi connectivity index (χ2v) is 6.38. The monoisotopic (exact) mass is 282 g/mol. The van der Waals surface area contributed by atoms with Gasteiger partial charge in [-0.25, -0.2) is 0 Å². The van der Waals surface area contributed by atoms with Gasteiger partial charge in [-0.15, -0.1) is 0 Å². The Morgan fingerprint density at radius 2 is 1.57 bits per heavy atom. The zero-order valence-electron chi connectivity index (χ0n) is 12.8. The lowest BCUT2D eigenvalue weighted by molar-refractivity contribution is 0.0880. The number of hydrogen-bond acceptors (Lipinski definition) is 2. The summed E-state index contributed by atoms with van der Waals surface area (Å²) >= 11 is 0. The van der Waals surface area contributed by atoms with E-state index in [2.05, 4.69) is 20.8 Å². The van der Waals surface area contributed by atoms with Crippen molar-refractivity contribution in [3.8, 4) is 0 Å². The average Bonchev–Trinajstić information content (AvgIpc) is 2.47. The third kappa shape index (κ3) is 4.02. The number of carbonyl (C=O) groups is 1. The molecule has 0 saturated heterocycles. The summed E-state index contributed by atoms with van der Waals surface area (Å²) in [4.78, 5) is 12.2. The standard InChI is InChI=1S/C19H22O2/c1-19(2,3)16-11-9-15(10-12-16)18(21)13-17(20)14-7-5-4-6-8-14/h4-12,17,20H,13H2,1-3H3. The molecule has 0 fully saturated rings. The van der Waals surface area contributed by atoms with Crippen LogP contribution in [0.2, 0.25) is 0 Å². The van der Waals surface area contributed by atoms with Crippen LogP contribution in [-0.4, -0.2) is 10.9 Å². The first-order valence-electron chi connectivity index (χ1n) is 7.24. The molecule has 0 aliphatic heterocycles. The lowest BCUT2D eigenvalue weighted by Crippen LogP contribution is -2.12. The van der Waals surface area contributed by atoms with E-state index >= 15 is 0 Å². The maximum absolute atomic E-state index is 12.2. The number of ketones is 1. The number of carbonyl (C=O) groups excluding carboxylic acids is 1. The predicted octanol–water partition coefficient (Wildman–Crippen LogP) is 4.29. The van der Waals surface area contributed by atoms with E-state index in [-0.39, 0.29) is 17.6 Å². The molecular formula is C19H22O2. The fourth-order valence-electron chi connectivity index (χ4n) is 2.24. The summed E-state index contributed by atoms with van der Waals surface area (Å²) in [6.07, 6.45) is -0.639. The van der Waals surface area contributed by atoms with Gasteiger partial charge in [0.2, 0.25) is 0 Å². The maximum atomic E-state index is 12.2. The van der Waals surface area contributed by atoms with Gasteiger partial charge in [-0.3, -0.25) is 4.79 Å². The summed E-state index contributed by atoms with van der Waals surface area (Å²) in [5.74, 6) is -0.0354. The molecule has 2 aromatic carbocycles. The largest absolute Gasteiger partial charge is 0.388 e. The second-order valence-electron chi connectivity index (χ2n) is 6.38. The van der Waals surface area contributed by atoms with Gasteiger partial charge in [-0.05, 0) is 16.5 Å². The first-order chi connectivity index (χ1) is 9.88. The molecule has 0 heterocycles. The van der Waals surface area contributed by atoms with Crippen molar-refractivity contribution >= 4 is 5.78 Å². The van der Waals surface area contributed by atoms with Crippen LogP contribution in [-0.2, 0) is 5.41 Å². The van der Waals surface area contributed by atoms with Gasteiger partial charge in [0.25, 0.3) is 0 Å². The van der Waals surface area contributed by atoms with E-state index in [1.165, 1.54) is 5.56 Å². The van der Waals surface area contributed by atoms with Crippen LogP contribution in [0.4, 0.5) is 0 Å². The fourth-order valence-corrected chi connectivity index (χ4v) is 2.24. The molecule has 2 aromatic rings. The third-order valence-corrected chi connectivity index (χ3v) is 3.64. The van der Waals surface area contributed by atoms with E-state index in [0.29, 0.717) is 5.56 Å². The molecular weight excluding hydrogens is 260 g/mol. The molecule has 21 heavy (non-hydrogen) atoms. The smallest absolute Gasteiger partial charge is 0.165 e. The van der Waals surface area contributed by atoms with Gasteiger partial charge in [0.15, 0.2) is 5.78 Å². The molecule has 2 heteroatoms. The Morgan fingerprint density at radius 3 is 2.10 bits per heavy atom. The molecule has 2 rings (SSSR count).